The molecule has 60 valence electrons. The highest BCUT2D eigenvalue weighted by atomic mass is 35.5. The van der Waals surface area contributed by atoms with Gasteiger partial charge in [0.1, 0.15) is 6.23 Å². The number of ether oxygens (including phenoxy) is 1. The summed E-state index contributed by atoms with van der Waals surface area (Å²) in [5.41, 5.74) is 0. The Hall–Kier alpha value is 0.210. The van der Waals surface area contributed by atoms with Crippen molar-refractivity contribution in [2.75, 3.05) is 13.2 Å². The zero-order valence-corrected chi connectivity index (χ0v) is 6.82. The van der Waals surface area contributed by atoms with Gasteiger partial charge in [-0.2, -0.15) is 0 Å². The van der Waals surface area contributed by atoms with E-state index in [2.05, 4.69) is 5.32 Å². The van der Waals surface area contributed by atoms with Gasteiger partial charge < -0.3 is 4.74 Å². The van der Waals surface area contributed by atoms with Gasteiger partial charge in [0.05, 0.1) is 0 Å². The van der Waals surface area contributed by atoms with Crippen molar-refractivity contribution >= 4 is 12.4 Å². The molecule has 1 heterocycles. The summed E-state index contributed by atoms with van der Waals surface area (Å²) >= 11 is 0. The monoisotopic (exact) mass is 163 g/mol. The van der Waals surface area contributed by atoms with Crippen LogP contribution >= 0.6 is 12.4 Å². The molecule has 1 saturated carbocycles. The van der Waals surface area contributed by atoms with Gasteiger partial charge in [-0.15, -0.1) is 12.4 Å². The molecule has 2 aliphatic rings. The van der Waals surface area contributed by atoms with Crippen molar-refractivity contribution < 1.29 is 4.74 Å². The van der Waals surface area contributed by atoms with Gasteiger partial charge in [-0.3, -0.25) is 5.32 Å². The van der Waals surface area contributed by atoms with E-state index in [9.17, 15) is 0 Å². The van der Waals surface area contributed by atoms with Crippen LogP contribution in [-0.2, 0) is 4.74 Å². The van der Waals surface area contributed by atoms with Crippen molar-refractivity contribution in [3.8, 4) is 0 Å². The van der Waals surface area contributed by atoms with Gasteiger partial charge in [0, 0.05) is 6.61 Å². The van der Waals surface area contributed by atoms with Crippen molar-refractivity contribution in [2.24, 2.45) is 5.92 Å². The molecular weight excluding hydrogens is 150 g/mol. The number of halogens is 1. The fourth-order valence-electron chi connectivity index (χ4n) is 1.29. The van der Waals surface area contributed by atoms with Gasteiger partial charge in [0.25, 0.3) is 0 Å². The topological polar surface area (TPSA) is 21.3 Å². The first-order valence-electron chi connectivity index (χ1n) is 3.82. The number of hydrogen-bond acceptors (Lipinski definition) is 2. The standard InChI is InChI=1S/C7H13NO.ClH/c1-4-8-7(9-5-1)6-2-3-6;/h6-8H,1-5H2;1H. The van der Waals surface area contributed by atoms with Crippen LogP contribution in [0.3, 0.4) is 0 Å². The van der Waals surface area contributed by atoms with Crippen LogP contribution in [0.5, 0.6) is 0 Å². The number of rotatable bonds is 1. The molecular formula is C7H14ClNO. The van der Waals surface area contributed by atoms with E-state index in [4.69, 9.17) is 4.74 Å². The predicted molar refractivity (Wildman–Crippen MR) is 42.3 cm³/mol. The maximum Gasteiger partial charge on any atom is 0.110 e. The molecule has 1 N–H and O–H groups in total. The molecule has 0 amide bonds. The fraction of sp³-hybridized carbons (Fsp3) is 1.00. The minimum Gasteiger partial charge on any atom is -0.363 e. The summed E-state index contributed by atoms with van der Waals surface area (Å²) in [5, 5.41) is 3.36. The van der Waals surface area contributed by atoms with Crippen molar-refractivity contribution in [3.63, 3.8) is 0 Å². The first-order chi connectivity index (χ1) is 4.47. The van der Waals surface area contributed by atoms with Crippen molar-refractivity contribution in [1.82, 2.24) is 5.32 Å². The summed E-state index contributed by atoms with van der Waals surface area (Å²) in [6, 6.07) is 0. The van der Waals surface area contributed by atoms with E-state index in [0.29, 0.717) is 6.23 Å². The Morgan fingerprint density at radius 1 is 1.30 bits per heavy atom. The van der Waals surface area contributed by atoms with E-state index in [1.165, 1.54) is 19.3 Å². The zero-order chi connectivity index (χ0) is 6.10. The summed E-state index contributed by atoms with van der Waals surface area (Å²) in [4.78, 5) is 0. The molecule has 0 radical (unpaired) electrons. The lowest BCUT2D eigenvalue weighted by Gasteiger charge is -2.23. The molecule has 0 aromatic carbocycles. The van der Waals surface area contributed by atoms with Gasteiger partial charge in [-0.05, 0) is 31.7 Å². The summed E-state index contributed by atoms with van der Waals surface area (Å²) in [5.74, 6) is 0.852. The second-order valence-corrected chi connectivity index (χ2v) is 2.94. The Labute approximate surface area is 67.7 Å². The van der Waals surface area contributed by atoms with E-state index in [-0.39, 0.29) is 12.4 Å². The maximum absolute atomic E-state index is 5.49. The van der Waals surface area contributed by atoms with Crippen molar-refractivity contribution in [1.29, 1.82) is 0 Å². The van der Waals surface area contributed by atoms with E-state index in [0.717, 1.165) is 19.1 Å². The Morgan fingerprint density at radius 3 is 2.60 bits per heavy atom. The molecule has 1 atom stereocenters. The third kappa shape index (κ3) is 1.84. The van der Waals surface area contributed by atoms with E-state index < -0.39 is 0 Å². The van der Waals surface area contributed by atoms with Crippen LogP contribution in [-0.4, -0.2) is 19.4 Å². The molecule has 0 bridgehead atoms. The maximum atomic E-state index is 5.49. The normalized spacial score (nSPS) is 33.0. The minimum atomic E-state index is 0. The Bertz CT molecular complexity index is 99.8. The lowest BCUT2D eigenvalue weighted by atomic mass is 10.3. The van der Waals surface area contributed by atoms with Gasteiger partial charge in [-0.1, -0.05) is 0 Å². The Kier molecular flexibility index (Phi) is 2.96. The Morgan fingerprint density at radius 2 is 2.10 bits per heavy atom. The molecule has 2 rings (SSSR count). The SMILES string of the molecule is C1CNC(C2CC2)OC1.Cl. The molecule has 2 fully saturated rings. The van der Waals surface area contributed by atoms with Gasteiger partial charge >= 0.3 is 0 Å². The van der Waals surface area contributed by atoms with Crippen LogP contribution in [0.4, 0.5) is 0 Å². The van der Waals surface area contributed by atoms with Crippen LogP contribution < -0.4 is 5.32 Å². The van der Waals surface area contributed by atoms with Crippen molar-refractivity contribution in [2.45, 2.75) is 25.5 Å². The molecule has 3 heteroatoms. The van der Waals surface area contributed by atoms with Crippen LogP contribution in [0.25, 0.3) is 0 Å². The highest BCUT2D eigenvalue weighted by molar-refractivity contribution is 5.85. The summed E-state index contributed by atoms with van der Waals surface area (Å²) in [6.45, 7) is 2.12. The van der Waals surface area contributed by atoms with Crippen LogP contribution in [0.2, 0.25) is 0 Å². The van der Waals surface area contributed by atoms with Crippen molar-refractivity contribution in [3.05, 3.63) is 0 Å². The molecule has 0 spiro atoms. The molecule has 1 aliphatic carbocycles. The second-order valence-electron chi connectivity index (χ2n) is 2.94. The van der Waals surface area contributed by atoms with Gasteiger partial charge in [0.15, 0.2) is 0 Å². The third-order valence-corrected chi connectivity index (χ3v) is 2.01. The minimum absolute atomic E-state index is 0. The first-order valence-corrected chi connectivity index (χ1v) is 3.82. The third-order valence-electron chi connectivity index (χ3n) is 2.01. The average molecular weight is 164 g/mol. The van der Waals surface area contributed by atoms with Crippen LogP contribution in [0.15, 0.2) is 0 Å². The fourth-order valence-corrected chi connectivity index (χ4v) is 1.29. The molecule has 10 heavy (non-hydrogen) atoms. The Balaban J connectivity index is 0.000000500. The molecule has 0 aromatic rings. The summed E-state index contributed by atoms with van der Waals surface area (Å²) in [6.07, 6.45) is 4.34. The average Bonchev–Trinajstić information content (AvgIpc) is 2.71. The van der Waals surface area contributed by atoms with Gasteiger partial charge in [0.2, 0.25) is 0 Å². The van der Waals surface area contributed by atoms with E-state index in [1.807, 2.05) is 0 Å². The molecule has 1 saturated heterocycles. The second kappa shape index (κ2) is 3.56. The van der Waals surface area contributed by atoms with Crippen LogP contribution in [0, 0.1) is 5.92 Å². The molecule has 1 aliphatic heterocycles. The van der Waals surface area contributed by atoms with Gasteiger partial charge in [-0.25, -0.2) is 0 Å². The lowest BCUT2D eigenvalue weighted by Crippen LogP contribution is -2.39. The van der Waals surface area contributed by atoms with Crippen LogP contribution in [0.1, 0.15) is 19.3 Å². The zero-order valence-electron chi connectivity index (χ0n) is 6.01. The highest BCUT2D eigenvalue weighted by Crippen LogP contribution is 2.33. The highest BCUT2D eigenvalue weighted by Gasteiger charge is 2.32. The summed E-state index contributed by atoms with van der Waals surface area (Å²) in [7, 11) is 0. The van der Waals surface area contributed by atoms with E-state index in [1.54, 1.807) is 0 Å². The largest absolute Gasteiger partial charge is 0.363 e. The quantitative estimate of drug-likeness (QED) is 0.627. The number of hydrogen-bond donors (Lipinski definition) is 1. The lowest BCUT2D eigenvalue weighted by molar-refractivity contribution is -0.0124. The number of nitrogens with one attached hydrogen (secondary N) is 1. The predicted octanol–water partition coefficient (Wildman–Crippen LogP) is 1.15. The molecule has 1 unspecified atom stereocenters. The molecule has 2 nitrogen and oxygen atoms in total. The molecule has 0 aromatic heterocycles. The smallest absolute Gasteiger partial charge is 0.110 e. The van der Waals surface area contributed by atoms with E-state index >= 15 is 0 Å². The summed E-state index contributed by atoms with van der Waals surface area (Å²) < 4.78 is 5.49. The first kappa shape index (κ1) is 8.31.